The standard InChI is InChI=1S/C5H7N/c1-2-5-4(1)3-6-5/h1-2,4-6H,3H2/t4?,5-/m1/s1. The van der Waals surface area contributed by atoms with Crippen LogP contribution in [0.1, 0.15) is 0 Å². The summed E-state index contributed by atoms with van der Waals surface area (Å²) in [6, 6.07) is 0.782. The van der Waals surface area contributed by atoms with Crippen molar-refractivity contribution in [2.45, 2.75) is 6.04 Å². The molecule has 1 fully saturated rings. The van der Waals surface area contributed by atoms with Crippen LogP contribution in [0.25, 0.3) is 0 Å². The van der Waals surface area contributed by atoms with E-state index < -0.39 is 0 Å². The summed E-state index contributed by atoms with van der Waals surface area (Å²) in [4.78, 5) is 0. The van der Waals surface area contributed by atoms with E-state index in [0.717, 1.165) is 12.0 Å². The van der Waals surface area contributed by atoms with Crippen LogP contribution in [0.15, 0.2) is 12.2 Å². The largest absolute Gasteiger partial charge is 0.309 e. The predicted molar refractivity (Wildman–Crippen MR) is 24.4 cm³/mol. The van der Waals surface area contributed by atoms with Gasteiger partial charge in [0.15, 0.2) is 0 Å². The van der Waals surface area contributed by atoms with Gasteiger partial charge in [-0.25, -0.2) is 0 Å². The third-order valence-electron chi connectivity index (χ3n) is 1.62. The van der Waals surface area contributed by atoms with E-state index in [1.807, 2.05) is 0 Å². The van der Waals surface area contributed by atoms with Crippen molar-refractivity contribution in [2.24, 2.45) is 5.92 Å². The first-order chi connectivity index (χ1) is 2.97. The molecular formula is C5H7N. The van der Waals surface area contributed by atoms with E-state index in [1.165, 1.54) is 6.54 Å². The van der Waals surface area contributed by atoms with Crippen LogP contribution in [0.2, 0.25) is 0 Å². The van der Waals surface area contributed by atoms with Crippen molar-refractivity contribution >= 4 is 0 Å². The monoisotopic (exact) mass is 81.1 g/mol. The van der Waals surface area contributed by atoms with E-state index in [4.69, 9.17) is 0 Å². The summed E-state index contributed by atoms with van der Waals surface area (Å²) >= 11 is 0. The van der Waals surface area contributed by atoms with Crippen molar-refractivity contribution in [3.63, 3.8) is 0 Å². The van der Waals surface area contributed by atoms with Crippen molar-refractivity contribution in [1.29, 1.82) is 0 Å². The molecule has 1 saturated heterocycles. The van der Waals surface area contributed by atoms with Crippen molar-refractivity contribution in [2.75, 3.05) is 6.54 Å². The maximum Gasteiger partial charge on any atom is 0.0325 e. The first-order valence-electron chi connectivity index (χ1n) is 2.38. The summed E-state index contributed by atoms with van der Waals surface area (Å²) < 4.78 is 0. The van der Waals surface area contributed by atoms with Crippen LogP contribution in [0.4, 0.5) is 0 Å². The Bertz CT molecular complexity index is 84.1. The third-order valence-corrected chi connectivity index (χ3v) is 1.62. The molecule has 6 heavy (non-hydrogen) atoms. The molecule has 32 valence electrons. The molecule has 0 aromatic rings. The molecule has 1 unspecified atom stereocenters. The average Bonchev–Trinajstić information content (AvgIpc) is 1.54. The minimum Gasteiger partial charge on any atom is -0.309 e. The van der Waals surface area contributed by atoms with Crippen molar-refractivity contribution in [3.8, 4) is 0 Å². The quantitative estimate of drug-likeness (QED) is 0.409. The highest BCUT2D eigenvalue weighted by molar-refractivity contribution is 5.20. The molecule has 2 rings (SSSR count). The molecule has 1 aliphatic heterocycles. The van der Waals surface area contributed by atoms with E-state index in [1.54, 1.807) is 0 Å². The normalized spacial score (nSPS) is 49.3. The minimum atomic E-state index is 0.782. The van der Waals surface area contributed by atoms with E-state index >= 15 is 0 Å². The second kappa shape index (κ2) is 0.684. The second-order valence-electron chi connectivity index (χ2n) is 1.98. The Morgan fingerprint density at radius 2 is 2.33 bits per heavy atom. The lowest BCUT2D eigenvalue weighted by molar-refractivity contribution is 0.302. The molecule has 0 saturated carbocycles. The van der Waals surface area contributed by atoms with Gasteiger partial charge in [0, 0.05) is 18.5 Å². The van der Waals surface area contributed by atoms with Gasteiger partial charge in [-0.3, -0.25) is 0 Å². The van der Waals surface area contributed by atoms with Crippen LogP contribution in [-0.4, -0.2) is 12.6 Å². The van der Waals surface area contributed by atoms with Gasteiger partial charge in [-0.2, -0.15) is 0 Å². The van der Waals surface area contributed by atoms with E-state index in [9.17, 15) is 0 Å². The zero-order valence-corrected chi connectivity index (χ0v) is 3.52. The Morgan fingerprint density at radius 3 is 2.33 bits per heavy atom. The summed E-state index contributed by atoms with van der Waals surface area (Å²) in [7, 11) is 0. The highest BCUT2D eigenvalue weighted by Crippen LogP contribution is 2.24. The average molecular weight is 81.1 g/mol. The third kappa shape index (κ3) is 0.144. The Hall–Kier alpha value is -0.300. The lowest BCUT2D eigenvalue weighted by atomic mass is 9.82. The zero-order valence-electron chi connectivity index (χ0n) is 3.52. The number of hydrogen-bond donors (Lipinski definition) is 1. The summed E-state index contributed by atoms with van der Waals surface area (Å²) in [5.74, 6) is 0.921. The molecule has 0 aromatic heterocycles. The molecule has 1 N–H and O–H groups in total. The van der Waals surface area contributed by atoms with Gasteiger partial charge in [-0.1, -0.05) is 12.2 Å². The fourth-order valence-corrected chi connectivity index (χ4v) is 0.905. The lowest BCUT2D eigenvalue weighted by Crippen LogP contribution is -2.55. The van der Waals surface area contributed by atoms with Crippen molar-refractivity contribution < 1.29 is 0 Å². The van der Waals surface area contributed by atoms with Gasteiger partial charge < -0.3 is 5.32 Å². The Balaban J connectivity index is 2.24. The van der Waals surface area contributed by atoms with Gasteiger partial charge in [0.1, 0.15) is 0 Å². The first kappa shape index (κ1) is 2.80. The van der Waals surface area contributed by atoms with Gasteiger partial charge in [-0.15, -0.1) is 0 Å². The van der Waals surface area contributed by atoms with Gasteiger partial charge in [-0.05, 0) is 0 Å². The Kier molecular flexibility index (Phi) is 0.320. The highest BCUT2D eigenvalue weighted by Gasteiger charge is 2.31. The first-order valence-corrected chi connectivity index (χ1v) is 2.38. The van der Waals surface area contributed by atoms with E-state index in [0.29, 0.717) is 0 Å². The second-order valence-corrected chi connectivity index (χ2v) is 1.98. The Labute approximate surface area is 37.0 Å². The maximum atomic E-state index is 3.26. The molecular weight excluding hydrogens is 74.1 g/mol. The molecule has 1 nitrogen and oxygen atoms in total. The molecule has 0 radical (unpaired) electrons. The zero-order chi connectivity index (χ0) is 3.98. The summed E-state index contributed by atoms with van der Waals surface area (Å²) in [5.41, 5.74) is 0. The molecule has 1 heteroatoms. The minimum absolute atomic E-state index is 0.782. The number of nitrogens with one attached hydrogen (secondary N) is 1. The number of rotatable bonds is 0. The Morgan fingerprint density at radius 1 is 1.50 bits per heavy atom. The van der Waals surface area contributed by atoms with Crippen LogP contribution in [-0.2, 0) is 0 Å². The number of hydrogen-bond acceptors (Lipinski definition) is 1. The SMILES string of the molecule is C1=C[C@H]2NCC12. The van der Waals surface area contributed by atoms with Crippen LogP contribution in [0, 0.1) is 5.92 Å². The van der Waals surface area contributed by atoms with Gasteiger partial charge in [0.25, 0.3) is 0 Å². The molecule has 2 aliphatic rings. The molecule has 1 aliphatic carbocycles. The summed E-state index contributed by atoms with van der Waals surface area (Å²) in [6.45, 7) is 1.22. The van der Waals surface area contributed by atoms with E-state index in [2.05, 4.69) is 17.5 Å². The van der Waals surface area contributed by atoms with Crippen LogP contribution in [0.5, 0.6) is 0 Å². The highest BCUT2D eigenvalue weighted by atomic mass is 15.0. The van der Waals surface area contributed by atoms with Crippen LogP contribution < -0.4 is 5.32 Å². The summed E-state index contributed by atoms with van der Waals surface area (Å²) in [6.07, 6.45) is 4.48. The van der Waals surface area contributed by atoms with Crippen LogP contribution >= 0.6 is 0 Å². The smallest absolute Gasteiger partial charge is 0.0325 e. The topological polar surface area (TPSA) is 12.0 Å². The molecule has 2 atom stereocenters. The van der Waals surface area contributed by atoms with Gasteiger partial charge in [0.05, 0.1) is 0 Å². The van der Waals surface area contributed by atoms with Crippen molar-refractivity contribution in [1.82, 2.24) is 5.32 Å². The molecule has 0 aromatic carbocycles. The molecule has 1 heterocycles. The van der Waals surface area contributed by atoms with Gasteiger partial charge >= 0.3 is 0 Å². The van der Waals surface area contributed by atoms with Crippen molar-refractivity contribution in [3.05, 3.63) is 12.2 Å². The van der Waals surface area contributed by atoms with E-state index in [-0.39, 0.29) is 0 Å². The predicted octanol–water partition coefficient (Wildman–Crippen LogP) is 0.144. The maximum absolute atomic E-state index is 3.26. The lowest BCUT2D eigenvalue weighted by Gasteiger charge is -2.40. The number of fused-ring (bicyclic) bond motifs is 1. The van der Waals surface area contributed by atoms with Crippen LogP contribution in [0.3, 0.4) is 0 Å². The molecule has 0 spiro atoms. The molecule has 0 amide bonds. The fourth-order valence-electron chi connectivity index (χ4n) is 0.905. The van der Waals surface area contributed by atoms with Gasteiger partial charge in [0.2, 0.25) is 0 Å². The summed E-state index contributed by atoms with van der Waals surface area (Å²) in [5, 5.41) is 3.26. The molecule has 0 bridgehead atoms. The fraction of sp³-hybridized carbons (Fsp3) is 0.600.